The molecule has 1 N–H and O–H groups in total. The molecule has 1 aromatic carbocycles. The number of carbonyl (C=O) groups is 1. The fourth-order valence-electron chi connectivity index (χ4n) is 2.92. The first-order valence-electron chi connectivity index (χ1n) is 7.64. The second-order valence-corrected chi connectivity index (χ2v) is 5.98. The highest BCUT2D eigenvalue weighted by molar-refractivity contribution is 5.92. The van der Waals surface area contributed by atoms with Crippen molar-refractivity contribution in [3.8, 4) is 0 Å². The Balaban J connectivity index is 1.90. The zero-order chi connectivity index (χ0) is 14.5. The molecule has 1 saturated heterocycles. The lowest BCUT2D eigenvalue weighted by molar-refractivity contribution is -0.118. The molecule has 1 amide bonds. The average molecular weight is 274 g/mol. The predicted molar refractivity (Wildman–Crippen MR) is 84.2 cm³/mol. The highest BCUT2D eigenvalue weighted by Gasteiger charge is 2.16. The SMILES string of the molecule is Cc1cc(C)cc(N(C)C(=O)CCC2CCCCN2)c1. The smallest absolute Gasteiger partial charge is 0.226 e. The number of carbonyl (C=O) groups excluding carboxylic acids is 1. The molecule has 1 aliphatic heterocycles. The molecular formula is C17H26N2O. The zero-order valence-electron chi connectivity index (χ0n) is 12.9. The number of rotatable bonds is 4. The molecule has 0 bridgehead atoms. The van der Waals surface area contributed by atoms with E-state index < -0.39 is 0 Å². The lowest BCUT2D eigenvalue weighted by atomic mass is 10.0. The molecule has 3 nitrogen and oxygen atoms in total. The molecule has 3 heteroatoms. The van der Waals surface area contributed by atoms with Crippen LogP contribution in [0.4, 0.5) is 5.69 Å². The van der Waals surface area contributed by atoms with Crippen molar-refractivity contribution in [3.05, 3.63) is 29.3 Å². The molecule has 1 unspecified atom stereocenters. The monoisotopic (exact) mass is 274 g/mol. The van der Waals surface area contributed by atoms with E-state index in [1.165, 1.54) is 30.4 Å². The van der Waals surface area contributed by atoms with Gasteiger partial charge in [-0.05, 0) is 62.9 Å². The summed E-state index contributed by atoms with van der Waals surface area (Å²) in [5, 5.41) is 3.50. The van der Waals surface area contributed by atoms with Gasteiger partial charge in [0.05, 0.1) is 0 Å². The molecule has 1 fully saturated rings. The molecule has 0 radical (unpaired) electrons. The van der Waals surface area contributed by atoms with Gasteiger partial charge in [-0.2, -0.15) is 0 Å². The normalized spacial score (nSPS) is 18.9. The van der Waals surface area contributed by atoms with Crippen LogP contribution in [0, 0.1) is 13.8 Å². The molecule has 0 saturated carbocycles. The number of piperidine rings is 1. The molecule has 0 spiro atoms. The van der Waals surface area contributed by atoms with Crippen molar-refractivity contribution in [1.29, 1.82) is 0 Å². The third-order valence-corrected chi connectivity index (χ3v) is 4.09. The highest BCUT2D eigenvalue weighted by Crippen LogP contribution is 2.19. The molecule has 110 valence electrons. The van der Waals surface area contributed by atoms with Gasteiger partial charge in [0.2, 0.25) is 5.91 Å². The summed E-state index contributed by atoms with van der Waals surface area (Å²) in [5.41, 5.74) is 3.41. The second-order valence-electron chi connectivity index (χ2n) is 5.98. The Morgan fingerprint density at radius 3 is 2.55 bits per heavy atom. The van der Waals surface area contributed by atoms with E-state index in [-0.39, 0.29) is 5.91 Å². The van der Waals surface area contributed by atoms with Gasteiger partial charge in [0.1, 0.15) is 0 Å². The Labute approximate surface area is 122 Å². The van der Waals surface area contributed by atoms with Gasteiger partial charge in [0.15, 0.2) is 0 Å². The second kappa shape index (κ2) is 6.89. The standard InChI is InChI=1S/C17H26N2O/c1-13-10-14(2)12-16(11-13)19(3)17(20)8-7-15-6-4-5-9-18-15/h10-12,15,18H,4-9H2,1-3H3. The molecule has 2 rings (SSSR count). The summed E-state index contributed by atoms with van der Waals surface area (Å²) in [4.78, 5) is 14.1. The van der Waals surface area contributed by atoms with Crippen LogP contribution < -0.4 is 10.2 Å². The molecule has 1 heterocycles. The van der Waals surface area contributed by atoms with Crippen LogP contribution >= 0.6 is 0 Å². The van der Waals surface area contributed by atoms with Crippen LogP contribution in [0.25, 0.3) is 0 Å². The van der Waals surface area contributed by atoms with Gasteiger partial charge >= 0.3 is 0 Å². The number of benzene rings is 1. The van der Waals surface area contributed by atoms with Crippen molar-refractivity contribution in [2.75, 3.05) is 18.5 Å². The third kappa shape index (κ3) is 4.07. The van der Waals surface area contributed by atoms with Crippen LogP contribution in [0.5, 0.6) is 0 Å². The van der Waals surface area contributed by atoms with Gasteiger partial charge in [0.25, 0.3) is 0 Å². The van der Waals surface area contributed by atoms with E-state index in [0.717, 1.165) is 18.7 Å². The molecule has 1 aliphatic rings. The number of hydrogen-bond donors (Lipinski definition) is 1. The zero-order valence-corrected chi connectivity index (χ0v) is 12.9. The van der Waals surface area contributed by atoms with E-state index in [1.807, 2.05) is 7.05 Å². The number of nitrogens with zero attached hydrogens (tertiary/aromatic N) is 1. The van der Waals surface area contributed by atoms with Crippen molar-refractivity contribution < 1.29 is 4.79 Å². The van der Waals surface area contributed by atoms with Gasteiger partial charge in [-0.1, -0.05) is 12.5 Å². The molecule has 0 aliphatic carbocycles. The van der Waals surface area contributed by atoms with Crippen LogP contribution in [0.1, 0.15) is 43.2 Å². The first-order chi connectivity index (χ1) is 9.56. The maximum Gasteiger partial charge on any atom is 0.226 e. The van der Waals surface area contributed by atoms with Crippen LogP contribution in [0.15, 0.2) is 18.2 Å². The van der Waals surface area contributed by atoms with Crippen LogP contribution in [0.3, 0.4) is 0 Å². The van der Waals surface area contributed by atoms with Crippen molar-refractivity contribution in [1.82, 2.24) is 5.32 Å². The maximum atomic E-state index is 12.3. The van der Waals surface area contributed by atoms with E-state index in [0.29, 0.717) is 12.5 Å². The summed E-state index contributed by atoms with van der Waals surface area (Å²) >= 11 is 0. The van der Waals surface area contributed by atoms with Gasteiger partial charge in [0, 0.05) is 25.2 Å². The van der Waals surface area contributed by atoms with E-state index in [4.69, 9.17) is 0 Å². The van der Waals surface area contributed by atoms with Crippen LogP contribution in [0.2, 0.25) is 0 Å². The van der Waals surface area contributed by atoms with Gasteiger partial charge in [-0.15, -0.1) is 0 Å². The Morgan fingerprint density at radius 1 is 1.25 bits per heavy atom. The van der Waals surface area contributed by atoms with Crippen LogP contribution in [-0.2, 0) is 4.79 Å². The van der Waals surface area contributed by atoms with E-state index in [1.54, 1.807) is 4.90 Å². The molecular weight excluding hydrogens is 248 g/mol. The minimum atomic E-state index is 0.211. The average Bonchev–Trinajstić information content (AvgIpc) is 2.44. The first-order valence-corrected chi connectivity index (χ1v) is 7.64. The van der Waals surface area contributed by atoms with E-state index >= 15 is 0 Å². The van der Waals surface area contributed by atoms with Gasteiger partial charge in [-0.3, -0.25) is 4.79 Å². The Hall–Kier alpha value is -1.35. The summed E-state index contributed by atoms with van der Waals surface area (Å²) in [6.07, 6.45) is 5.35. The largest absolute Gasteiger partial charge is 0.315 e. The number of hydrogen-bond acceptors (Lipinski definition) is 2. The summed E-state index contributed by atoms with van der Waals surface area (Å²) < 4.78 is 0. The molecule has 1 atom stereocenters. The fraction of sp³-hybridized carbons (Fsp3) is 0.588. The Kier molecular flexibility index (Phi) is 5.18. The van der Waals surface area contributed by atoms with Crippen LogP contribution in [-0.4, -0.2) is 25.5 Å². The topological polar surface area (TPSA) is 32.3 Å². The summed E-state index contributed by atoms with van der Waals surface area (Å²) in [7, 11) is 1.88. The summed E-state index contributed by atoms with van der Waals surface area (Å²) in [6.45, 7) is 5.24. The minimum Gasteiger partial charge on any atom is -0.315 e. The van der Waals surface area contributed by atoms with Crippen molar-refractivity contribution in [2.24, 2.45) is 0 Å². The van der Waals surface area contributed by atoms with Crippen molar-refractivity contribution >= 4 is 11.6 Å². The van der Waals surface area contributed by atoms with Crippen molar-refractivity contribution in [3.63, 3.8) is 0 Å². The lowest BCUT2D eigenvalue weighted by Gasteiger charge is -2.24. The Morgan fingerprint density at radius 2 is 1.95 bits per heavy atom. The lowest BCUT2D eigenvalue weighted by Crippen LogP contribution is -2.35. The molecule has 20 heavy (non-hydrogen) atoms. The number of amides is 1. The predicted octanol–water partition coefficient (Wildman–Crippen LogP) is 3.19. The minimum absolute atomic E-state index is 0.211. The summed E-state index contributed by atoms with van der Waals surface area (Å²) in [5.74, 6) is 0.211. The van der Waals surface area contributed by atoms with Crippen molar-refractivity contribution in [2.45, 2.75) is 52.0 Å². The molecule has 1 aromatic rings. The number of anilines is 1. The first kappa shape index (κ1) is 15.0. The Bertz CT molecular complexity index is 444. The highest BCUT2D eigenvalue weighted by atomic mass is 16.2. The molecule has 0 aromatic heterocycles. The number of aryl methyl sites for hydroxylation is 2. The van der Waals surface area contributed by atoms with E-state index in [2.05, 4.69) is 37.4 Å². The van der Waals surface area contributed by atoms with E-state index in [9.17, 15) is 4.79 Å². The van der Waals surface area contributed by atoms with Gasteiger partial charge < -0.3 is 10.2 Å². The third-order valence-electron chi connectivity index (χ3n) is 4.09. The summed E-state index contributed by atoms with van der Waals surface area (Å²) in [6, 6.07) is 6.81. The fourth-order valence-corrected chi connectivity index (χ4v) is 2.92. The maximum absolute atomic E-state index is 12.3. The van der Waals surface area contributed by atoms with Gasteiger partial charge in [-0.25, -0.2) is 0 Å². The number of nitrogens with one attached hydrogen (secondary N) is 1. The quantitative estimate of drug-likeness (QED) is 0.914.